The number of unbranched alkanes of at least 4 members (excludes halogenated alkanes) is 1. The first-order valence-corrected chi connectivity index (χ1v) is 6.91. The molecule has 0 atom stereocenters. The minimum Gasteiger partial charge on any atom is -0.383 e. The third kappa shape index (κ3) is 2.79. The molecule has 0 saturated carbocycles. The van der Waals surface area contributed by atoms with E-state index in [0.29, 0.717) is 18.1 Å². The number of aliphatic imine (C=N–C) groups is 1. The average Bonchev–Trinajstić information content (AvgIpc) is 2.83. The minimum absolute atomic E-state index is 0.0292. The summed E-state index contributed by atoms with van der Waals surface area (Å²) in [5.41, 5.74) is 7.81. The molecule has 0 aliphatic carbocycles. The number of fused-ring (bicyclic) bond motifs is 1. The Morgan fingerprint density at radius 1 is 1.38 bits per heavy atom. The van der Waals surface area contributed by atoms with Gasteiger partial charge in [-0.25, -0.2) is 9.84 Å². The second-order valence-corrected chi connectivity index (χ2v) is 4.93. The highest BCUT2D eigenvalue weighted by Gasteiger charge is 2.26. The van der Waals surface area contributed by atoms with E-state index in [2.05, 4.69) is 16.8 Å². The highest BCUT2D eigenvalue weighted by atomic mass is 16.2. The second kappa shape index (κ2) is 6.23. The van der Waals surface area contributed by atoms with E-state index in [1.54, 1.807) is 11.9 Å². The Bertz CT molecular complexity index is 667. The molecule has 0 fully saturated rings. The summed E-state index contributed by atoms with van der Waals surface area (Å²) in [6.07, 6.45) is 1.90. The largest absolute Gasteiger partial charge is 0.383 e. The van der Waals surface area contributed by atoms with E-state index < -0.39 is 0 Å². The standard InChI is InChI=1S/C16H18N4O/c1-4-5-10-20(3)16(21)14(18-2)13-11-8-6-7-9-12(11)15(17)19-13/h6-9H,4-5,10H2,1,3H3,(H2,17,19)/b14-13+. The lowest BCUT2D eigenvalue weighted by Gasteiger charge is -2.16. The van der Waals surface area contributed by atoms with Crippen molar-refractivity contribution in [2.24, 2.45) is 10.7 Å². The van der Waals surface area contributed by atoms with Gasteiger partial charge < -0.3 is 10.6 Å². The van der Waals surface area contributed by atoms with Crippen molar-refractivity contribution in [2.45, 2.75) is 19.8 Å². The van der Waals surface area contributed by atoms with Crippen molar-refractivity contribution in [3.63, 3.8) is 0 Å². The van der Waals surface area contributed by atoms with Gasteiger partial charge in [0.15, 0.2) is 0 Å². The molecule has 1 aromatic rings. The molecule has 0 radical (unpaired) electrons. The summed E-state index contributed by atoms with van der Waals surface area (Å²) in [4.78, 5) is 21.6. The van der Waals surface area contributed by atoms with Gasteiger partial charge in [0.2, 0.25) is 0 Å². The maximum Gasteiger partial charge on any atom is 0.275 e. The lowest BCUT2D eigenvalue weighted by Crippen LogP contribution is -2.28. The summed E-state index contributed by atoms with van der Waals surface area (Å²) < 4.78 is 0. The Morgan fingerprint density at radius 3 is 2.67 bits per heavy atom. The molecule has 1 heterocycles. The van der Waals surface area contributed by atoms with Crippen LogP contribution >= 0.6 is 0 Å². The van der Waals surface area contributed by atoms with Crippen molar-refractivity contribution < 1.29 is 4.79 Å². The van der Waals surface area contributed by atoms with Crippen LogP contribution in [0.15, 0.2) is 35.0 Å². The van der Waals surface area contributed by atoms with Gasteiger partial charge in [-0.15, -0.1) is 0 Å². The van der Waals surface area contributed by atoms with E-state index in [1.807, 2.05) is 24.3 Å². The Kier molecular flexibility index (Phi) is 4.39. The van der Waals surface area contributed by atoms with Crippen LogP contribution in [0.3, 0.4) is 0 Å². The Hall–Kier alpha value is -2.61. The highest BCUT2D eigenvalue weighted by Crippen LogP contribution is 2.31. The SMILES string of the molecule is [C-]#[N+]/C(C(=O)N(C)CCCC)=C1/N=C(N)c2ccccc21. The molecule has 0 unspecified atom stereocenters. The number of amidine groups is 1. The van der Waals surface area contributed by atoms with Crippen LogP contribution in [0.25, 0.3) is 10.5 Å². The Labute approximate surface area is 124 Å². The summed E-state index contributed by atoms with van der Waals surface area (Å²) in [5, 5.41) is 0. The zero-order valence-electron chi connectivity index (χ0n) is 12.3. The number of likely N-dealkylation sites (N-methyl/N-ethyl adjacent to an activating group) is 1. The molecular weight excluding hydrogens is 264 g/mol. The number of hydrogen-bond acceptors (Lipinski definition) is 3. The van der Waals surface area contributed by atoms with Gasteiger partial charge in [0.25, 0.3) is 11.6 Å². The fourth-order valence-electron chi connectivity index (χ4n) is 2.21. The van der Waals surface area contributed by atoms with Gasteiger partial charge in [0.1, 0.15) is 5.84 Å². The molecule has 1 aliphatic heterocycles. The molecular formula is C16H18N4O. The van der Waals surface area contributed by atoms with Gasteiger partial charge in [0, 0.05) is 24.7 Å². The second-order valence-electron chi connectivity index (χ2n) is 4.93. The number of carbonyl (C=O) groups excluding carboxylic acids is 1. The summed E-state index contributed by atoms with van der Waals surface area (Å²) in [6.45, 7) is 10.0. The van der Waals surface area contributed by atoms with Crippen LogP contribution < -0.4 is 5.73 Å². The molecule has 0 spiro atoms. The number of carbonyl (C=O) groups is 1. The molecule has 5 nitrogen and oxygen atoms in total. The third-order valence-corrected chi connectivity index (χ3v) is 3.42. The van der Waals surface area contributed by atoms with Crippen LogP contribution in [0, 0.1) is 6.57 Å². The minimum atomic E-state index is -0.304. The van der Waals surface area contributed by atoms with E-state index >= 15 is 0 Å². The van der Waals surface area contributed by atoms with Crippen molar-refractivity contribution >= 4 is 17.4 Å². The molecule has 2 N–H and O–H groups in total. The zero-order chi connectivity index (χ0) is 15.4. The number of amides is 1. The molecule has 21 heavy (non-hydrogen) atoms. The van der Waals surface area contributed by atoms with E-state index in [-0.39, 0.29) is 11.6 Å². The zero-order valence-corrected chi connectivity index (χ0v) is 12.3. The first-order valence-electron chi connectivity index (χ1n) is 6.91. The molecule has 5 heteroatoms. The van der Waals surface area contributed by atoms with Crippen molar-refractivity contribution in [2.75, 3.05) is 13.6 Å². The maximum absolute atomic E-state index is 12.4. The van der Waals surface area contributed by atoms with Crippen LogP contribution in [-0.4, -0.2) is 30.2 Å². The van der Waals surface area contributed by atoms with Crippen molar-refractivity contribution in [1.82, 2.24) is 4.90 Å². The lowest BCUT2D eigenvalue weighted by molar-refractivity contribution is -0.125. The van der Waals surface area contributed by atoms with Crippen LogP contribution in [0.5, 0.6) is 0 Å². The third-order valence-electron chi connectivity index (χ3n) is 3.42. The first kappa shape index (κ1) is 14.8. The molecule has 0 saturated heterocycles. The predicted octanol–water partition coefficient (Wildman–Crippen LogP) is 2.25. The highest BCUT2D eigenvalue weighted by molar-refractivity contribution is 6.14. The van der Waals surface area contributed by atoms with Gasteiger partial charge in [-0.2, -0.15) is 0 Å². The number of benzene rings is 1. The molecule has 1 aromatic carbocycles. The van der Waals surface area contributed by atoms with Gasteiger partial charge in [-0.1, -0.05) is 37.6 Å². The number of nitrogens with two attached hydrogens (primary N) is 1. The monoisotopic (exact) mass is 282 g/mol. The summed E-state index contributed by atoms with van der Waals surface area (Å²) in [7, 11) is 1.71. The first-order chi connectivity index (χ1) is 10.1. The van der Waals surface area contributed by atoms with Gasteiger partial charge in [-0.3, -0.25) is 4.79 Å². The fourth-order valence-corrected chi connectivity index (χ4v) is 2.21. The van der Waals surface area contributed by atoms with Crippen molar-refractivity contribution in [3.8, 4) is 0 Å². The molecule has 0 bridgehead atoms. The topological polar surface area (TPSA) is 63.0 Å². The van der Waals surface area contributed by atoms with E-state index in [9.17, 15) is 4.79 Å². The van der Waals surface area contributed by atoms with Gasteiger partial charge in [0.05, 0.1) is 12.3 Å². The lowest BCUT2D eigenvalue weighted by atomic mass is 10.1. The van der Waals surface area contributed by atoms with E-state index in [1.165, 1.54) is 0 Å². The Balaban J connectivity index is 2.42. The number of rotatable bonds is 4. The molecule has 1 aliphatic rings. The van der Waals surface area contributed by atoms with Crippen LogP contribution in [0.1, 0.15) is 30.9 Å². The summed E-state index contributed by atoms with van der Waals surface area (Å²) >= 11 is 0. The number of hydrogen-bond donors (Lipinski definition) is 1. The fraction of sp³-hybridized carbons (Fsp3) is 0.312. The predicted molar refractivity (Wildman–Crippen MR) is 83.2 cm³/mol. The van der Waals surface area contributed by atoms with E-state index in [4.69, 9.17) is 12.3 Å². The van der Waals surface area contributed by atoms with Gasteiger partial charge >= 0.3 is 0 Å². The van der Waals surface area contributed by atoms with Crippen LogP contribution in [-0.2, 0) is 4.79 Å². The molecule has 1 amide bonds. The van der Waals surface area contributed by atoms with Gasteiger partial charge in [-0.05, 0) is 6.42 Å². The average molecular weight is 282 g/mol. The van der Waals surface area contributed by atoms with Crippen LogP contribution in [0.2, 0.25) is 0 Å². The van der Waals surface area contributed by atoms with Crippen molar-refractivity contribution in [3.05, 3.63) is 52.5 Å². The molecule has 2 rings (SSSR count). The summed E-state index contributed by atoms with van der Waals surface area (Å²) in [5.74, 6) is 0.0486. The maximum atomic E-state index is 12.4. The van der Waals surface area contributed by atoms with E-state index in [0.717, 1.165) is 24.0 Å². The van der Waals surface area contributed by atoms with Crippen LogP contribution in [0.4, 0.5) is 0 Å². The molecule has 108 valence electrons. The summed E-state index contributed by atoms with van der Waals surface area (Å²) in [6, 6.07) is 7.38. The normalized spacial score (nSPS) is 15.0. The quantitative estimate of drug-likeness (QED) is 0.680. The smallest absolute Gasteiger partial charge is 0.275 e. The Morgan fingerprint density at radius 2 is 2.05 bits per heavy atom. The number of nitrogens with zero attached hydrogens (tertiary/aromatic N) is 3. The van der Waals surface area contributed by atoms with Crippen molar-refractivity contribution in [1.29, 1.82) is 0 Å². The molecule has 0 aromatic heterocycles.